The molecule has 2 nitrogen and oxygen atoms in total. The Balaban J connectivity index is 2.26. The molecule has 18 heavy (non-hydrogen) atoms. The molecular weight excluding hydrogens is 314 g/mol. The molecule has 0 saturated heterocycles. The molecule has 0 amide bonds. The van der Waals surface area contributed by atoms with Gasteiger partial charge >= 0.3 is 0 Å². The maximum atomic E-state index is 6.07. The highest BCUT2D eigenvalue weighted by Crippen LogP contribution is 2.29. The number of hydrogen-bond donors (Lipinski definition) is 1. The van der Waals surface area contributed by atoms with Crippen LogP contribution in [0, 0.1) is 0 Å². The van der Waals surface area contributed by atoms with E-state index in [1.54, 1.807) is 6.26 Å². The summed E-state index contributed by atoms with van der Waals surface area (Å²) in [6.07, 6.45) is 2.51. The van der Waals surface area contributed by atoms with Crippen LogP contribution in [-0.2, 0) is 6.42 Å². The van der Waals surface area contributed by atoms with Crippen LogP contribution in [0.15, 0.2) is 45.5 Å². The molecule has 0 aliphatic heterocycles. The van der Waals surface area contributed by atoms with Crippen LogP contribution < -0.4 is 5.32 Å². The maximum Gasteiger partial charge on any atom is 0.105 e. The molecule has 0 bridgehead atoms. The monoisotopic (exact) mass is 327 g/mol. The lowest BCUT2D eigenvalue weighted by Gasteiger charge is -2.19. The fourth-order valence-corrected chi connectivity index (χ4v) is 2.65. The minimum Gasteiger partial charge on any atom is -0.469 e. The summed E-state index contributed by atoms with van der Waals surface area (Å²) in [5.74, 6) is 0.966. The number of rotatable bonds is 5. The summed E-state index contributed by atoms with van der Waals surface area (Å²) in [4.78, 5) is 0. The second-order valence-corrected chi connectivity index (χ2v) is 5.35. The summed E-state index contributed by atoms with van der Waals surface area (Å²) < 4.78 is 6.47. The first-order valence-corrected chi connectivity index (χ1v) is 7.08. The van der Waals surface area contributed by atoms with Gasteiger partial charge in [-0.2, -0.15) is 0 Å². The molecule has 0 aliphatic carbocycles. The first-order valence-electron chi connectivity index (χ1n) is 5.91. The van der Waals surface area contributed by atoms with Gasteiger partial charge in [-0.05, 0) is 42.4 Å². The van der Waals surface area contributed by atoms with Crippen molar-refractivity contribution in [2.75, 3.05) is 6.54 Å². The van der Waals surface area contributed by atoms with Crippen molar-refractivity contribution in [2.45, 2.75) is 19.4 Å². The highest BCUT2D eigenvalue weighted by molar-refractivity contribution is 9.10. The van der Waals surface area contributed by atoms with Gasteiger partial charge in [0.2, 0.25) is 0 Å². The van der Waals surface area contributed by atoms with Crippen molar-refractivity contribution in [1.29, 1.82) is 0 Å². The Labute approximate surface area is 120 Å². The van der Waals surface area contributed by atoms with Gasteiger partial charge in [-0.15, -0.1) is 0 Å². The van der Waals surface area contributed by atoms with Gasteiger partial charge in [0.15, 0.2) is 0 Å². The van der Waals surface area contributed by atoms with E-state index in [-0.39, 0.29) is 6.04 Å². The summed E-state index contributed by atoms with van der Waals surface area (Å²) in [6, 6.07) is 9.93. The highest BCUT2D eigenvalue weighted by Gasteiger charge is 2.16. The molecule has 1 aromatic carbocycles. The molecule has 0 radical (unpaired) electrons. The third kappa shape index (κ3) is 3.37. The van der Waals surface area contributed by atoms with E-state index in [1.807, 2.05) is 30.3 Å². The zero-order valence-electron chi connectivity index (χ0n) is 10.1. The van der Waals surface area contributed by atoms with Crippen molar-refractivity contribution >= 4 is 27.5 Å². The number of nitrogens with one attached hydrogen (secondary N) is 1. The van der Waals surface area contributed by atoms with Crippen LogP contribution in [0.1, 0.15) is 24.3 Å². The maximum absolute atomic E-state index is 6.07. The Morgan fingerprint density at radius 1 is 1.39 bits per heavy atom. The van der Waals surface area contributed by atoms with Crippen molar-refractivity contribution in [3.05, 3.63) is 57.4 Å². The normalized spacial score (nSPS) is 12.6. The number of halogens is 2. The van der Waals surface area contributed by atoms with E-state index in [4.69, 9.17) is 16.0 Å². The highest BCUT2D eigenvalue weighted by atomic mass is 79.9. The minimum atomic E-state index is 0.189. The fraction of sp³-hybridized carbons (Fsp3) is 0.286. The van der Waals surface area contributed by atoms with Crippen LogP contribution in [0.2, 0.25) is 5.02 Å². The number of furan rings is 1. The molecule has 0 saturated carbocycles. The van der Waals surface area contributed by atoms with Crippen molar-refractivity contribution in [2.24, 2.45) is 0 Å². The van der Waals surface area contributed by atoms with E-state index in [1.165, 1.54) is 0 Å². The number of hydrogen-bond acceptors (Lipinski definition) is 2. The van der Waals surface area contributed by atoms with Gasteiger partial charge in [0.25, 0.3) is 0 Å². The molecule has 1 aromatic heterocycles. The quantitative estimate of drug-likeness (QED) is 0.868. The molecule has 4 heteroatoms. The second kappa shape index (κ2) is 6.41. The van der Waals surface area contributed by atoms with Crippen LogP contribution in [0.25, 0.3) is 0 Å². The molecule has 0 spiro atoms. The van der Waals surface area contributed by atoms with E-state index in [2.05, 4.69) is 28.2 Å². The van der Waals surface area contributed by atoms with Gasteiger partial charge in [0, 0.05) is 22.0 Å². The van der Waals surface area contributed by atoms with Crippen LogP contribution in [0.5, 0.6) is 0 Å². The third-order valence-corrected chi connectivity index (χ3v) is 3.73. The van der Waals surface area contributed by atoms with E-state index < -0.39 is 0 Å². The Bertz CT molecular complexity index is 499. The second-order valence-electron chi connectivity index (χ2n) is 4.06. The van der Waals surface area contributed by atoms with Gasteiger partial charge in [-0.3, -0.25) is 0 Å². The predicted octanol–water partition coefficient (Wildman–Crippen LogP) is 4.59. The van der Waals surface area contributed by atoms with Crippen LogP contribution in [-0.4, -0.2) is 6.54 Å². The van der Waals surface area contributed by atoms with Gasteiger partial charge in [0.1, 0.15) is 5.76 Å². The number of benzene rings is 1. The van der Waals surface area contributed by atoms with Crippen molar-refractivity contribution in [1.82, 2.24) is 5.32 Å². The Morgan fingerprint density at radius 3 is 2.89 bits per heavy atom. The summed E-state index contributed by atoms with van der Waals surface area (Å²) in [5, 5.41) is 4.20. The van der Waals surface area contributed by atoms with Crippen LogP contribution in [0.4, 0.5) is 0 Å². The molecule has 96 valence electrons. The molecule has 2 rings (SSSR count). The largest absolute Gasteiger partial charge is 0.469 e. The van der Waals surface area contributed by atoms with E-state index in [9.17, 15) is 0 Å². The molecule has 1 heterocycles. The van der Waals surface area contributed by atoms with E-state index in [0.717, 1.165) is 33.8 Å². The lowest BCUT2D eigenvalue weighted by atomic mass is 10.0. The van der Waals surface area contributed by atoms with Gasteiger partial charge < -0.3 is 9.73 Å². The average molecular weight is 329 g/mol. The summed E-state index contributed by atoms with van der Waals surface area (Å²) in [5.41, 5.74) is 1.15. The molecule has 1 atom stereocenters. The molecule has 0 aliphatic rings. The molecule has 1 N–H and O–H groups in total. The van der Waals surface area contributed by atoms with E-state index in [0.29, 0.717) is 0 Å². The minimum absolute atomic E-state index is 0.189. The zero-order valence-corrected chi connectivity index (χ0v) is 12.5. The van der Waals surface area contributed by atoms with Crippen molar-refractivity contribution in [3.8, 4) is 0 Å². The van der Waals surface area contributed by atoms with Crippen LogP contribution >= 0.6 is 27.5 Å². The Morgan fingerprint density at radius 2 is 2.22 bits per heavy atom. The molecule has 2 aromatic rings. The first-order chi connectivity index (χ1) is 8.70. The molecule has 0 fully saturated rings. The standard InChI is InChI=1S/C14H15BrClNO/c1-2-17-14(9-11-4-3-7-18-11)12-8-10(16)5-6-13(12)15/h3-8,14,17H,2,9H2,1H3. The van der Waals surface area contributed by atoms with Crippen LogP contribution in [0.3, 0.4) is 0 Å². The van der Waals surface area contributed by atoms with Gasteiger partial charge in [0.05, 0.1) is 6.26 Å². The number of likely N-dealkylation sites (N-methyl/N-ethyl adjacent to an activating group) is 1. The third-order valence-electron chi connectivity index (χ3n) is 2.77. The lowest BCUT2D eigenvalue weighted by molar-refractivity contribution is 0.454. The van der Waals surface area contributed by atoms with Crippen molar-refractivity contribution < 1.29 is 4.42 Å². The fourth-order valence-electron chi connectivity index (χ4n) is 1.95. The summed E-state index contributed by atoms with van der Waals surface area (Å²) in [6.45, 7) is 2.98. The van der Waals surface area contributed by atoms with Gasteiger partial charge in [-0.25, -0.2) is 0 Å². The zero-order chi connectivity index (χ0) is 13.0. The lowest BCUT2D eigenvalue weighted by Crippen LogP contribution is -2.23. The average Bonchev–Trinajstić information content (AvgIpc) is 2.85. The summed E-state index contributed by atoms with van der Waals surface area (Å²) in [7, 11) is 0. The topological polar surface area (TPSA) is 25.2 Å². The van der Waals surface area contributed by atoms with Crippen molar-refractivity contribution in [3.63, 3.8) is 0 Å². The smallest absolute Gasteiger partial charge is 0.105 e. The Kier molecular flexibility index (Phi) is 4.87. The SMILES string of the molecule is CCNC(Cc1ccco1)c1cc(Cl)ccc1Br. The summed E-state index contributed by atoms with van der Waals surface area (Å²) >= 11 is 9.65. The molecule has 1 unspecified atom stereocenters. The Hall–Kier alpha value is -0.770. The molecular formula is C14H15BrClNO. The van der Waals surface area contributed by atoms with E-state index >= 15 is 0 Å². The first kappa shape index (κ1) is 13.7. The predicted molar refractivity (Wildman–Crippen MR) is 78.0 cm³/mol. The van der Waals surface area contributed by atoms with Gasteiger partial charge in [-0.1, -0.05) is 34.5 Å².